The van der Waals surface area contributed by atoms with Crippen molar-refractivity contribution in [3.8, 4) is 11.5 Å². The van der Waals surface area contributed by atoms with Crippen LogP contribution >= 0.6 is 0 Å². The second-order valence-electron chi connectivity index (χ2n) is 9.58. The van der Waals surface area contributed by atoms with Crippen LogP contribution in [0.15, 0.2) is 24.3 Å². The number of rotatable bonds is 8. The molecule has 0 unspecified atom stereocenters. The fourth-order valence-corrected chi connectivity index (χ4v) is 4.99. The molecular weight excluding hydrogens is 496 g/mol. The van der Waals surface area contributed by atoms with Gasteiger partial charge in [-0.25, -0.2) is 4.79 Å². The zero-order valence-corrected chi connectivity index (χ0v) is 20.9. The number of aliphatic hydroxyl groups excluding tert-OH is 1. The molecule has 38 heavy (non-hydrogen) atoms. The molecule has 11 nitrogen and oxygen atoms in total. The first kappa shape index (κ1) is 27.1. The van der Waals surface area contributed by atoms with Gasteiger partial charge in [0.15, 0.2) is 11.6 Å². The molecule has 11 heteroatoms. The molecule has 0 bridgehead atoms. The minimum absolute atomic E-state index is 0.0504. The van der Waals surface area contributed by atoms with Crippen molar-refractivity contribution >= 4 is 23.6 Å². The van der Waals surface area contributed by atoms with Crippen LogP contribution in [-0.2, 0) is 16.0 Å². The Kier molecular flexibility index (Phi) is 7.70. The summed E-state index contributed by atoms with van der Waals surface area (Å²) < 4.78 is 5.08. The second-order valence-corrected chi connectivity index (χ2v) is 9.58. The Labute approximate surface area is 218 Å². The van der Waals surface area contributed by atoms with E-state index in [0.717, 1.165) is 6.42 Å². The van der Waals surface area contributed by atoms with E-state index in [-0.39, 0.29) is 78.1 Å². The highest BCUT2D eigenvalue weighted by Crippen LogP contribution is 2.50. The van der Waals surface area contributed by atoms with Crippen LogP contribution in [0.3, 0.4) is 0 Å². The molecule has 0 heterocycles. The van der Waals surface area contributed by atoms with E-state index in [1.165, 1.54) is 12.1 Å². The Morgan fingerprint density at radius 2 is 1.66 bits per heavy atom. The molecule has 202 valence electrons. The number of benzene rings is 2. The number of nitrogens with one attached hydrogen (secondary N) is 2. The Morgan fingerprint density at radius 1 is 1.03 bits per heavy atom. The number of ketones is 2. The topological polar surface area (TPSA) is 182 Å². The van der Waals surface area contributed by atoms with E-state index in [1.54, 1.807) is 12.1 Å². The zero-order valence-electron chi connectivity index (χ0n) is 20.9. The van der Waals surface area contributed by atoms with E-state index in [4.69, 9.17) is 4.74 Å². The Bertz CT molecular complexity index is 1310. The summed E-state index contributed by atoms with van der Waals surface area (Å²) in [6.07, 6.45) is -2.03. The van der Waals surface area contributed by atoms with Crippen molar-refractivity contribution in [1.82, 2.24) is 10.6 Å². The van der Waals surface area contributed by atoms with Gasteiger partial charge in [0, 0.05) is 61.0 Å². The van der Waals surface area contributed by atoms with Gasteiger partial charge in [-0.15, -0.1) is 0 Å². The molecule has 0 fully saturated rings. The van der Waals surface area contributed by atoms with Crippen LogP contribution in [0.4, 0.5) is 4.79 Å². The third-order valence-corrected chi connectivity index (χ3v) is 6.87. The minimum atomic E-state index is -1.65. The van der Waals surface area contributed by atoms with Gasteiger partial charge in [0.1, 0.15) is 11.5 Å². The van der Waals surface area contributed by atoms with Crippen molar-refractivity contribution in [2.45, 2.75) is 50.7 Å². The smallest absolute Gasteiger partial charge is 0.407 e. The molecule has 2 aromatic carbocycles. The van der Waals surface area contributed by atoms with Gasteiger partial charge in [-0.05, 0) is 6.42 Å². The van der Waals surface area contributed by atoms with Gasteiger partial charge in [0.25, 0.3) is 0 Å². The number of aromatic hydroxyl groups is 2. The Balaban J connectivity index is 1.47. The van der Waals surface area contributed by atoms with Gasteiger partial charge in [-0.2, -0.15) is 0 Å². The van der Waals surface area contributed by atoms with Gasteiger partial charge < -0.3 is 35.8 Å². The third-order valence-electron chi connectivity index (χ3n) is 6.87. The van der Waals surface area contributed by atoms with Crippen molar-refractivity contribution in [2.75, 3.05) is 19.7 Å². The van der Waals surface area contributed by atoms with Gasteiger partial charge in [0.2, 0.25) is 5.91 Å². The maximum absolute atomic E-state index is 13.1. The van der Waals surface area contributed by atoms with Gasteiger partial charge >= 0.3 is 6.09 Å². The summed E-state index contributed by atoms with van der Waals surface area (Å²) in [7, 11) is 0. The molecule has 0 radical (unpaired) electrons. The molecule has 2 aromatic rings. The van der Waals surface area contributed by atoms with Crippen molar-refractivity contribution in [1.29, 1.82) is 0 Å². The summed E-state index contributed by atoms with van der Waals surface area (Å²) in [6.45, 7) is 2.30. The van der Waals surface area contributed by atoms with Crippen molar-refractivity contribution in [3.63, 3.8) is 0 Å². The molecule has 2 amide bonds. The maximum atomic E-state index is 13.1. The number of fused-ring (bicyclic) bond motifs is 3. The molecular formula is C27H30N2O9. The van der Waals surface area contributed by atoms with Crippen molar-refractivity contribution in [3.05, 3.63) is 57.6 Å². The molecule has 0 saturated carbocycles. The Morgan fingerprint density at radius 3 is 2.29 bits per heavy atom. The van der Waals surface area contributed by atoms with E-state index >= 15 is 0 Å². The van der Waals surface area contributed by atoms with Crippen molar-refractivity contribution in [2.24, 2.45) is 0 Å². The third kappa shape index (κ3) is 5.07. The fourth-order valence-electron chi connectivity index (χ4n) is 4.99. The number of phenols is 2. The summed E-state index contributed by atoms with van der Waals surface area (Å²) in [6, 6.07) is 6.04. The van der Waals surface area contributed by atoms with Crippen LogP contribution in [-0.4, -0.2) is 69.3 Å². The van der Waals surface area contributed by atoms with E-state index in [1.807, 2.05) is 6.92 Å². The number of hydrogen-bond donors (Lipinski definition) is 6. The highest BCUT2D eigenvalue weighted by molar-refractivity contribution is 6.30. The number of amides is 2. The molecule has 0 aliphatic heterocycles. The van der Waals surface area contributed by atoms with Gasteiger partial charge in [0.05, 0.1) is 29.4 Å². The predicted octanol–water partition coefficient (Wildman–Crippen LogP) is 1.62. The maximum Gasteiger partial charge on any atom is 0.407 e. The number of alkyl carbamates (subject to hydrolysis) is 1. The lowest BCUT2D eigenvalue weighted by Gasteiger charge is -2.38. The van der Waals surface area contributed by atoms with E-state index in [2.05, 4.69) is 10.6 Å². The van der Waals surface area contributed by atoms with Crippen LogP contribution in [0, 0.1) is 0 Å². The molecule has 4 rings (SSSR count). The molecule has 2 aliphatic rings. The van der Waals surface area contributed by atoms with Crippen LogP contribution in [0.2, 0.25) is 0 Å². The van der Waals surface area contributed by atoms with Gasteiger partial charge in [-0.1, -0.05) is 31.2 Å². The molecule has 2 atom stereocenters. The second kappa shape index (κ2) is 10.8. The van der Waals surface area contributed by atoms with E-state index < -0.39 is 40.9 Å². The summed E-state index contributed by atoms with van der Waals surface area (Å²) >= 11 is 0. The highest BCUT2D eigenvalue weighted by atomic mass is 16.5. The van der Waals surface area contributed by atoms with Crippen LogP contribution in [0.1, 0.15) is 81.7 Å². The average Bonchev–Trinajstić information content (AvgIpc) is 2.87. The summed E-state index contributed by atoms with van der Waals surface area (Å²) in [4.78, 5) is 49.7. The first-order valence-electron chi connectivity index (χ1n) is 12.4. The number of ether oxygens (including phenoxy) is 1. The van der Waals surface area contributed by atoms with E-state index in [9.17, 15) is 39.6 Å². The largest absolute Gasteiger partial charge is 0.507 e. The zero-order chi connectivity index (χ0) is 27.6. The summed E-state index contributed by atoms with van der Waals surface area (Å²) in [5.74, 6) is -2.70. The van der Waals surface area contributed by atoms with Crippen LogP contribution in [0.5, 0.6) is 11.5 Å². The number of hydrogen-bond acceptors (Lipinski definition) is 9. The molecule has 0 spiro atoms. The SMILES string of the molecule is CCCNC(=O)CCNC(=O)OCC[C@@]1(O)Cc2c(O)c3c(c(O)c2[C@@H](O)C1)C(=O)c1ccccc1C3=O. The minimum Gasteiger partial charge on any atom is -0.507 e. The molecule has 2 aliphatic carbocycles. The van der Waals surface area contributed by atoms with Crippen LogP contribution < -0.4 is 10.6 Å². The monoisotopic (exact) mass is 526 g/mol. The summed E-state index contributed by atoms with van der Waals surface area (Å²) in [5.41, 5.74) is -2.41. The number of aliphatic hydroxyl groups is 2. The Hall–Kier alpha value is -3.96. The van der Waals surface area contributed by atoms with Crippen LogP contribution in [0.25, 0.3) is 0 Å². The quantitative estimate of drug-likeness (QED) is 0.238. The first-order chi connectivity index (χ1) is 18.1. The standard InChI is InChI=1S/C27H30N2O9/c1-2-9-28-18(31)7-10-29-26(36)38-11-8-27(37)12-16-19(17(30)13-27)25(35)21-20(24(16)34)22(32)14-5-3-4-6-15(14)23(21)33/h3-6,17,30,34-35,37H,2,7-13H2,1H3,(H,28,31)(H,29,36)/t17-,27+/m0/s1. The van der Waals surface area contributed by atoms with Gasteiger partial charge in [-0.3, -0.25) is 14.4 Å². The summed E-state index contributed by atoms with van der Waals surface area (Å²) in [5, 5.41) is 49.1. The highest BCUT2D eigenvalue weighted by Gasteiger charge is 2.45. The lowest BCUT2D eigenvalue weighted by Crippen LogP contribution is -2.40. The number of carbonyl (C=O) groups is 4. The number of carbonyl (C=O) groups excluding carboxylic acids is 4. The average molecular weight is 527 g/mol. The lowest BCUT2D eigenvalue weighted by atomic mass is 9.72. The molecule has 0 saturated heterocycles. The predicted molar refractivity (Wildman–Crippen MR) is 133 cm³/mol. The van der Waals surface area contributed by atoms with E-state index in [0.29, 0.717) is 6.54 Å². The molecule has 6 N–H and O–H groups in total. The lowest BCUT2D eigenvalue weighted by molar-refractivity contribution is -0.120. The first-order valence-corrected chi connectivity index (χ1v) is 12.4. The normalized spacial score (nSPS) is 19.7. The number of phenolic OH excluding ortho intramolecular Hbond substituents is 2. The fraction of sp³-hybridized carbons (Fsp3) is 0.407. The van der Waals surface area contributed by atoms with Crippen molar-refractivity contribution < 1.29 is 44.3 Å². The molecule has 0 aromatic heterocycles.